The molecule has 0 atom stereocenters. The van der Waals surface area contributed by atoms with Gasteiger partial charge >= 0.3 is 0 Å². The van der Waals surface area contributed by atoms with E-state index < -0.39 is 0 Å². The number of fused-ring (bicyclic) bond motifs is 6. The van der Waals surface area contributed by atoms with Crippen LogP contribution in [0.2, 0.25) is 0 Å². The third-order valence-electron chi connectivity index (χ3n) is 6.13. The number of benzene rings is 1. The lowest BCUT2D eigenvalue weighted by atomic mass is 10.2. The van der Waals surface area contributed by atoms with Crippen molar-refractivity contribution in [3.63, 3.8) is 0 Å². The summed E-state index contributed by atoms with van der Waals surface area (Å²) in [4.78, 5) is 23.0. The smallest absolute Gasteiger partial charge is 0.134 e. The lowest BCUT2D eigenvalue weighted by molar-refractivity contribution is 1.40. The number of thiophene rings is 4. The molecule has 9 rings (SSSR count). The monoisotopic (exact) mass is 634 g/mol. The van der Waals surface area contributed by atoms with E-state index in [4.69, 9.17) is 9.97 Å². The van der Waals surface area contributed by atoms with Gasteiger partial charge in [-0.25, -0.2) is 19.9 Å². The lowest BCUT2D eigenvalue weighted by Crippen LogP contribution is -1.66. The van der Waals surface area contributed by atoms with Gasteiger partial charge in [0.15, 0.2) is 0 Å². The van der Waals surface area contributed by atoms with E-state index in [-0.39, 0.29) is 0 Å². The average Bonchev–Trinajstić information content (AvgIpc) is 3.75. The molecule has 0 radical (unpaired) electrons. The molecule has 9 aromatic rings. The molecule has 8 heterocycles. The highest BCUT2D eigenvalue weighted by Gasteiger charge is 2.18. The van der Waals surface area contributed by atoms with Crippen molar-refractivity contribution in [3.8, 4) is 39.5 Å². The average molecular weight is 635 g/mol. The van der Waals surface area contributed by atoms with Gasteiger partial charge in [0.25, 0.3) is 0 Å². The van der Waals surface area contributed by atoms with Gasteiger partial charge in [-0.1, -0.05) is 0 Å². The van der Waals surface area contributed by atoms with E-state index in [2.05, 4.69) is 34.2 Å². The minimum atomic E-state index is 1.04. The number of nitrogens with zero attached hydrogens (tertiary/aromatic N) is 4. The zero-order chi connectivity index (χ0) is 24.8. The second-order valence-electron chi connectivity index (χ2n) is 8.39. The van der Waals surface area contributed by atoms with Gasteiger partial charge in [0, 0.05) is 65.1 Å². The summed E-state index contributed by atoms with van der Waals surface area (Å²) in [5.74, 6) is 0. The Balaban J connectivity index is 1.11. The van der Waals surface area contributed by atoms with Gasteiger partial charge in [0.1, 0.15) is 20.0 Å². The molecule has 0 unspecified atom stereocenters. The van der Waals surface area contributed by atoms with E-state index in [0.717, 1.165) is 29.8 Å². The summed E-state index contributed by atoms with van der Waals surface area (Å²) in [5, 5.41) is 10.9. The first-order valence-corrected chi connectivity index (χ1v) is 18.0. The van der Waals surface area contributed by atoms with Crippen LogP contribution in [0.25, 0.3) is 78.5 Å². The summed E-state index contributed by atoms with van der Waals surface area (Å²) in [6.07, 6.45) is 7.60. The molecule has 0 aliphatic heterocycles. The van der Waals surface area contributed by atoms with Crippen LogP contribution in [0.15, 0.2) is 59.8 Å². The summed E-state index contributed by atoms with van der Waals surface area (Å²) in [5.41, 5.74) is 0. The third-order valence-corrected chi connectivity index (χ3v) is 15.1. The zero-order valence-electron chi connectivity index (χ0n) is 18.8. The Bertz CT molecular complexity index is 2090. The molecule has 12 heteroatoms. The van der Waals surface area contributed by atoms with Crippen molar-refractivity contribution in [1.29, 1.82) is 0 Å². The summed E-state index contributed by atoms with van der Waals surface area (Å²) >= 11 is 14.2. The van der Waals surface area contributed by atoms with Crippen molar-refractivity contribution in [2.75, 3.05) is 0 Å². The van der Waals surface area contributed by atoms with Crippen molar-refractivity contribution < 1.29 is 0 Å². The van der Waals surface area contributed by atoms with Crippen molar-refractivity contribution in [2.24, 2.45) is 0 Å². The first kappa shape index (κ1) is 22.4. The Hall–Kier alpha value is -2.42. The summed E-state index contributed by atoms with van der Waals surface area (Å²) in [6.45, 7) is 0. The van der Waals surface area contributed by atoms with Crippen LogP contribution in [0.1, 0.15) is 0 Å². The molecule has 0 aliphatic rings. The van der Waals surface area contributed by atoms with Crippen LogP contribution in [0.3, 0.4) is 0 Å². The first-order chi connectivity index (χ1) is 18.8. The largest absolute Gasteiger partial charge is 0.244 e. The molecule has 8 aromatic heterocycles. The van der Waals surface area contributed by atoms with Crippen molar-refractivity contribution >= 4 is 130 Å². The van der Waals surface area contributed by atoms with Crippen LogP contribution in [-0.4, -0.2) is 19.9 Å². The van der Waals surface area contributed by atoms with Gasteiger partial charge in [-0.05, 0) is 24.3 Å². The Morgan fingerprint density at radius 2 is 0.921 bits per heavy atom. The molecule has 0 amide bonds. The van der Waals surface area contributed by atoms with Crippen LogP contribution < -0.4 is 0 Å². The fourth-order valence-electron chi connectivity index (χ4n) is 4.47. The van der Waals surface area contributed by atoms with E-state index in [9.17, 15) is 0 Å². The maximum absolute atomic E-state index is 4.71. The highest BCUT2D eigenvalue weighted by molar-refractivity contribution is 7.37. The SMILES string of the molecule is c1csc(-c2cnc(-c3cc4sc5cc6c(cc5c4s3)sc3cc(-c4ncc(-c5nccs5)s4)sc36)s2)n1. The Morgan fingerprint density at radius 1 is 0.421 bits per heavy atom. The van der Waals surface area contributed by atoms with Gasteiger partial charge in [0.05, 0.1) is 28.9 Å². The van der Waals surface area contributed by atoms with Gasteiger partial charge < -0.3 is 0 Å². The van der Waals surface area contributed by atoms with Gasteiger partial charge in [-0.2, -0.15) is 0 Å². The summed E-state index contributed by atoms with van der Waals surface area (Å²) in [6, 6.07) is 9.41. The van der Waals surface area contributed by atoms with Crippen LogP contribution in [0.5, 0.6) is 0 Å². The molecular formula is C26H10N4S8. The lowest BCUT2D eigenvalue weighted by Gasteiger charge is -1.94. The molecule has 0 saturated carbocycles. The molecule has 0 spiro atoms. The molecule has 0 N–H and O–H groups in total. The third kappa shape index (κ3) is 3.45. The molecule has 38 heavy (non-hydrogen) atoms. The van der Waals surface area contributed by atoms with Crippen LogP contribution in [0, 0.1) is 0 Å². The Labute approximate surface area is 246 Å². The van der Waals surface area contributed by atoms with E-state index in [1.807, 2.05) is 80.9 Å². The van der Waals surface area contributed by atoms with Gasteiger partial charge in [-0.15, -0.1) is 90.7 Å². The van der Waals surface area contributed by atoms with E-state index in [1.54, 1.807) is 45.3 Å². The standard InChI is InChI=1S/C26H10N4S8/c1-3-31-23(27-1)19-9-29-25(37-19)17-7-15-21(35-17)11-5-14-12(6-13(11)33-15)22-16(34-14)8-18(36-22)26-30-10-20(38-26)24-28-2-4-32-24/h1-10H. The quantitative estimate of drug-likeness (QED) is 0.193. The van der Waals surface area contributed by atoms with E-state index in [1.165, 1.54) is 48.7 Å². The highest BCUT2D eigenvalue weighted by atomic mass is 32.1. The predicted octanol–water partition coefficient (Wildman–Crippen LogP) is 11.0. The van der Waals surface area contributed by atoms with Crippen LogP contribution >= 0.6 is 90.7 Å². The fraction of sp³-hybridized carbons (Fsp3) is 0. The molecule has 0 aliphatic carbocycles. The minimum Gasteiger partial charge on any atom is -0.244 e. The van der Waals surface area contributed by atoms with Crippen molar-refractivity contribution in [3.05, 3.63) is 59.8 Å². The molecule has 182 valence electrons. The van der Waals surface area contributed by atoms with Crippen LogP contribution in [0.4, 0.5) is 0 Å². The molecule has 0 fully saturated rings. The number of hydrogen-bond donors (Lipinski definition) is 0. The molecular weight excluding hydrogens is 625 g/mol. The molecule has 1 aromatic carbocycles. The van der Waals surface area contributed by atoms with Crippen molar-refractivity contribution in [2.45, 2.75) is 0 Å². The molecule has 0 saturated heterocycles. The second kappa shape index (κ2) is 8.54. The number of thiazole rings is 4. The Kier molecular flexibility index (Phi) is 5.03. The van der Waals surface area contributed by atoms with Gasteiger partial charge in [-0.3, -0.25) is 0 Å². The molecule has 4 nitrogen and oxygen atoms in total. The summed E-state index contributed by atoms with van der Waals surface area (Å²) in [7, 11) is 0. The maximum atomic E-state index is 4.71. The van der Waals surface area contributed by atoms with Gasteiger partial charge in [0.2, 0.25) is 0 Å². The summed E-state index contributed by atoms with van der Waals surface area (Å²) < 4.78 is 8.10. The number of hydrogen-bond acceptors (Lipinski definition) is 12. The number of rotatable bonds is 4. The van der Waals surface area contributed by atoms with Crippen molar-refractivity contribution in [1.82, 2.24) is 19.9 Å². The highest BCUT2D eigenvalue weighted by Crippen LogP contribution is 2.49. The normalized spacial score (nSPS) is 12.2. The molecule has 0 bridgehead atoms. The first-order valence-electron chi connectivity index (χ1n) is 11.3. The topological polar surface area (TPSA) is 51.6 Å². The van der Waals surface area contributed by atoms with E-state index in [0.29, 0.717) is 0 Å². The second-order valence-corrected chi connectivity index (χ2v) is 16.5. The zero-order valence-corrected chi connectivity index (χ0v) is 25.4. The maximum Gasteiger partial charge on any atom is 0.134 e. The van der Waals surface area contributed by atoms with E-state index >= 15 is 0 Å². The minimum absolute atomic E-state index is 1.04. The fourth-order valence-corrected chi connectivity index (χ4v) is 12.9. The Morgan fingerprint density at radius 3 is 1.37 bits per heavy atom. The number of aromatic nitrogens is 4. The van der Waals surface area contributed by atoms with Crippen LogP contribution in [-0.2, 0) is 0 Å². The predicted molar refractivity (Wildman–Crippen MR) is 172 cm³/mol.